The molecule has 1 aromatic heterocycles. The number of hydrogen-bond acceptors (Lipinski definition) is 4. The zero-order valence-corrected chi connectivity index (χ0v) is 11.5. The summed E-state index contributed by atoms with van der Waals surface area (Å²) in [6.07, 6.45) is 0.819. The highest BCUT2D eigenvalue weighted by atomic mass is 32.1. The van der Waals surface area contributed by atoms with Gasteiger partial charge in [-0.25, -0.2) is 0 Å². The lowest BCUT2D eigenvalue weighted by atomic mass is 10.0. The number of thiazole rings is 1. The minimum Gasteiger partial charge on any atom is -0.492 e. The summed E-state index contributed by atoms with van der Waals surface area (Å²) < 4.78 is 0. The van der Waals surface area contributed by atoms with Crippen molar-refractivity contribution in [2.45, 2.75) is 26.2 Å². The molecule has 0 radical (unpaired) electrons. The summed E-state index contributed by atoms with van der Waals surface area (Å²) >= 11 is 1.52. The number of aromatic nitrogens is 1. The summed E-state index contributed by atoms with van der Waals surface area (Å²) in [7, 11) is 0. The Hall–Kier alpha value is -1.55. The third kappa shape index (κ3) is 3.01. The van der Waals surface area contributed by atoms with Crippen LogP contribution in [0, 0.1) is 0 Å². The first kappa shape index (κ1) is 12.9. The van der Waals surface area contributed by atoms with E-state index in [4.69, 9.17) is 0 Å². The van der Waals surface area contributed by atoms with E-state index >= 15 is 0 Å². The Labute approximate surface area is 112 Å². The molecule has 0 saturated carbocycles. The Bertz CT molecular complexity index is 496. The van der Waals surface area contributed by atoms with E-state index in [1.165, 1.54) is 16.9 Å². The maximum atomic E-state index is 9.57. The van der Waals surface area contributed by atoms with Crippen LogP contribution in [0.2, 0.25) is 0 Å². The molecular formula is C14H18N2OS. The van der Waals surface area contributed by atoms with E-state index in [1.807, 2.05) is 13.0 Å². The molecule has 0 aliphatic heterocycles. The predicted octanol–water partition coefficient (Wildman–Crippen LogP) is 3.63. The van der Waals surface area contributed by atoms with E-state index < -0.39 is 0 Å². The second-order valence-electron chi connectivity index (χ2n) is 4.31. The van der Waals surface area contributed by atoms with Crippen LogP contribution in [0.15, 0.2) is 30.3 Å². The minimum absolute atomic E-state index is 0.164. The van der Waals surface area contributed by atoms with Crippen LogP contribution < -0.4 is 5.32 Å². The maximum Gasteiger partial charge on any atom is 0.227 e. The monoisotopic (exact) mass is 262 g/mol. The fraction of sp³-hybridized carbons (Fsp3) is 0.357. The first-order valence-corrected chi connectivity index (χ1v) is 6.99. The molecule has 2 N–H and O–H groups in total. The standard InChI is InChI=1S/C14H18N2OS/c1-3-12-13(17)16-14(18-12)15-9-10(2)11-7-5-4-6-8-11/h4-8,10,17H,3,9H2,1-2H3,(H,15,16)/t10-/m1/s1. The largest absolute Gasteiger partial charge is 0.492 e. The van der Waals surface area contributed by atoms with Crippen molar-refractivity contribution < 1.29 is 5.11 Å². The second-order valence-corrected chi connectivity index (χ2v) is 5.40. The van der Waals surface area contributed by atoms with Gasteiger partial charge in [-0.3, -0.25) is 0 Å². The number of aromatic hydroxyl groups is 1. The van der Waals surface area contributed by atoms with Gasteiger partial charge in [-0.1, -0.05) is 55.5 Å². The van der Waals surface area contributed by atoms with E-state index in [1.54, 1.807) is 0 Å². The van der Waals surface area contributed by atoms with Crippen LogP contribution in [0.25, 0.3) is 0 Å². The molecule has 1 heterocycles. The number of rotatable bonds is 5. The molecule has 0 spiro atoms. The van der Waals surface area contributed by atoms with E-state index in [0.29, 0.717) is 5.92 Å². The molecule has 0 aliphatic rings. The fourth-order valence-corrected chi connectivity index (χ4v) is 2.59. The van der Waals surface area contributed by atoms with Crippen LogP contribution in [0.5, 0.6) is 5.88 Å². The van der Waals surface area contributed by atoms with Gasteiger partial charge in [0.25, 0.3) is 0 Å². The Morgan fingerprint density at radius 1 is 1.33 bits per heavy atom. The van der Waals surface area contributed by atoms with E-state index in [-0.39, 0.29) is 5.88 Å². The van der Waals surface area contributed by atoms with Gasteiger partial charge in [-0.05, 0) is 17.9 Å². The van der Waals surface area contributed by atoms with Crippen molar-refractivity contribution in [1.82, 2.24) is 4.98 Å². The van der Waals surface area contributed by atoms with Crippen molar-refractivity contribution in [2.24, 2.45) is 0 Å². The van der Waals surface area contributed by atoms with Crippen molar-refractivity contribution in [3.8, 4) is 5.88 Å². The summed E-state index contributed by atoms with van der Waals surface area (Å²) in [4.78, 5) is 5.05. The van der Waals surface area contributed by atoms with E-state index in [0.717, 1.165) is 23.0 Å². The number of hydrogen-bond donors (Lipinski definition) is 2. The normalized spacial score (nSPS) is 12.3. The smallest absolute Gasteiger partial charge is 0.227 e. The van der Waals surface area contributed by atoms with Gasteiger partial charge in [0, 0.05) is 6.54 Å². The number of benzene rings is 1. The second kappa shape index (κ2) is 5.87. The lowest BCUT2D eigenvalue weighted by molar-refractivity contribution is 0.452. The van der Waals surface area contributed by atoms with Crippen molar-refractivity contribution in [2.75, 3.05) is 11.9 Å². The van der Waals surface area contributed by atoms with Gasteiger partial charge in [0.2, 0.25) is 5.88 Å². The Kier molecular flexibility index (Phi) is 4.20. The Balaban J connectivity index is 1.95. The van der Waals surface area contributed by atoms with Gasteiger partial charge in [0.1, 0.15) is 0 Å². The lowest BCUT2D eigenvalue weighted by Gasteiger charge is -2.11. The number of nitrogens with zero attached hydrogens (tertiary/aromatic N) is 1. The first-order valence-electron chi connectivity index (χ1n) is 6.18. The van der Waals surface area contributed by atoms with Crippen LogP contribution in [0.3, 0.4) is 0 Å². The van der Waals surface area contributed by atoms with E-state index in [2.05, 4.69) is 41.5 Å². The van der Waals surface area contributed by atoms with Crippen molar-refractivity contribution >= 4 is 16.5 Å². The van der Waals surface area contributed by atoms with Crippen LogP contribution in [0.4, 0.5) is 5.13 Å². The van der Waals surface area contributed by atoms with Crippen LogP contribution >= 0.6 is 11.3 Å². The molecule has 18 heavy (non-hydrogen) atoms. The van der Waals surface area contributed by atoms with Crippen molar-refractivity contribution in [3.63, 3.8) is 0 Å². The van der Waals surface area contributed by atoms with Crippen LogP contribution in [-0.4, -0.2) is 16.6 Å². The molecule has 0 aliphatic carbocycles. The van der Waals surface area contributed by atoms with Gasteiger partial charge in [0.05, 0.1) is 4.88 Å². The summed E-state index contributed by atoms with van der Waals surface area (Å²) in [6, 6.07) is 10.4. The van der Waals surface area contributed by atoms with E-state index in [9.17, 15) is 5.11 Å². The topological polar surface area (TPSA) is 45.2 Å². The molecule has 0 bridgehead atoms. The van der Waals surface area contributed by atoms with Crippen molar-refractivity contribution in [3.05, 3.63) is 40.8 Å². The summed E-state index contributed by atoms with van der Waals surface area (Å²) in [5.41, 5.74) is 1.31. The first-order chi connectivity index (χ1) is 8.70. The summed E-state index contributed by atoms with van der Waals surface area (Å²) in [6.45, 7) is 5.01. The fourth-order valence-electron chi connectivity index (χ4n) is 1.79. The van der Waals surface area contributed by atoms with Gasteiger partial charge < -0.3 is 10.4 Å². The predicted molar refractivity (Wildman–Crippen MR) is 76.5 cm³/mol. The van der Waals surface area contributed by atoms with Crippen LogP contribution in [-0.2, 0) is 6.42 Å². The quantitative estimate of drug-likeness (QED) is 0.865. The molecule has 1 aromatic carbocycles. The van der Waals surface area contributed by atoms with Crippen LogP contribution in [0.1, 0.15) is 30.2 Å². The van der Waals surface area contributed by atoms with Gasteiger partial charge in [-0.15, -0.1) is 0 Å². The Morgan fingerprint density at radius 3 is 2.67 bits per heavy atom. The Morgan fingerprint density at radius 2 is 2.06 bits per heavy atom. The molecule has 0 amide bonds. The molecule has 0 unspecified atom stereocenters. The number of nitrogens with one attached hydrogen (secondary N) is 1. The highest BCUT2D eigenvalue weighted by Crippen LogP contribution is 2.28. The van der Waals surface area contributed by atoms with Gasteiger partial charge in [-0.2, -0.15) is 4.98 Å². The maximum absolute atomic E-state index is 9.57. The van der Waals surface area contributed by atoms with Gasteiger partial charge >= 0.3 is 0 Å². The molecule has 1 atom stereocenters. The average molecular weight is 262 g/mol. The molecule has 0 fully saturated rings. The SMILES string of the molecule is CCc1sc(NC[C@@H](C)c2ccccc2)nc1O. The number of anilines is 1. The van der Waals surface area contributed by atoms with Gasteiger partial charge in [0.15, 0.2) is 5.13 Å². The molecule has 2 rings (SSSR count). The summed E-state index contributed by atoms with van der Waals surface area (Å²) in [5, 5.41) is 13.7. The average Bonchev–Trinajstić information content (AvgIpc) is 2.77. The minimum atomic E-state index is 0.164. The molecule has 4 heteroatoms. The summed E-state index contributed by atoms with van der Waals surface area (Å²) in [5.74, 6) is 0.583. The third-order valence-corrected chi connectivity index (χ3v) is 4.07. The zero-order valence-electron chi connectivity index (χ0n) is 10.7. The third-order valence-electron chi connectivity index (χ3n) is 2.93. The zero-order chi connectivity index (χ0) is 13.0. The molecule has 3 nitrogen and oxygen atoms in total. The molecule has 96 valence electrons. The molecule has 2 aromatic rings. The molecule has 0 saturated heterocycles. The molecular weight excluding hydrogens is 244 g/mol. The highest BCUT2D eigenvalue weighted by Gasteiger charge is 2.10. The van der Waals surface area contributed by atoms with Crippen molar-refractivity contribution in [1.29, 1.82) is 0 Å². The highest BCUT2D eigenvalue weighted by molar-refractivity contribution is 7.15. The lowest BCUT2D eigenvalue weighted by Crippen LogP contribution is -2.09. The number of aryl methyl sites for hydroxylation is 1.